The number of hydrogen-bond donors (Lipinski definition) is 0. The van der Waals surface area contributed by atoms with E-state index in [2.05, 4.69) is 0 Å². The minimum absolute atomic E-state index is 0.0487. The second kappa shape index (κ2) is 5.55. The molecule has 0 aliphatic heterocycles. The topological polar surface area (TPSA) is 70.8 Å². The van der Waals surface area contributed by atoms with Gasteiger partial charge in [0.05, 0.1) is 4.92 Å². The summed E-state index contributed by atoms with van der Waals surface area (Å²) >= 11 is 4.99. The molecule has 0 saturated heterocycles. The summed E-state index contributed by atoms with van der Waals surface area (Å²) in [5.41, 5.74) is 0.598. The second-order valence-corrected chi connectivity index (χ2v) is 6.28. The van der Waals surface area contributed by atoms with E-state index in [9.17, 15) is 10.1 Å². The van der Waals surface area contributed by atoms with Crippen LogP contribution in [-0.2, 0) is 20.9 Å². The Hall–Kier alpha value is -1.01. The Morgan fingerprint density at radius 1 is 1.35 bits per heavy atom. The molecule has 1 aromatic carbocycles. The molecule has 0 unspecified atom stereocenters. The second-order valence-electron chi connectivity index (χ2n) is 3.13. The summed E-state index contributed by atoms with van der Waals surface area (Å²) in [6.07, 6.45) is 0. The van der Waals surface area contributed by atoms with Crippen LogP contribution in [0.25, 0.3) is 0 Å². The van der Waals surface area contributed by atoms with Gasteiger partial charge in [-0.3, -0.25) is 10.1 Å². The molecule has 0 N–H and O–H groups in total. The Morgan fingerprint density at radius 2 is 1.94 bits per heavy atom. The van der Waals surface area contributed by atoms with Crippen LogP contribution < -0.4 is 4.52 Å². The lowest BCUT2D eigenvalue weighted by molar-refractivity contribution is -0.385. The van der Waals surface area contributed by atoms with Gasteiger partial charge in [0.2, 0.25) is 5.75 Å². The van der Waals surface area contributed by atoms with E-state index in [4.69, 9.17) is 25.4 Å². The van der Waals surface area contributed by atoms with Gasteiger partial charge in [-0.1, -0.05) is 6.07 Å². The van der Waals surface area contributed by atoms with E-state index < -0.39 is 11.6 Å². The third kappa shape index (κ3) is 3.47. The van der Waals surface area contributed by atoms with Gasteiger partial charge in [-0.25, -0.2) is 0 Å². The average molecular weight is 277 g/mol. The Balaban J connectivity index is 3.14. The highest BCUT2D eigenvalue weighted by atomic mass is 32.5. The monoisotopic (exact) mass is 277 g/mol. The molecule has 0 atom stereocenters. The molecule has 0 radical (unpaired) electrons. The molecule has 0 amide bonds. The molecule has 0 aliphatic rings. The Labute approximate surface area is 104 Å². The van der Waals surface area contributed by atoms with E-state index >= 15 is 0 Å². The van der Waals surface area contributed by atoms with Crippen molar-refractivity contribution in [1.82, 2.24) is 0 Å². The third-order valence-electron chi connectivity index (χ3n) is 1.97. The molecule has 6 nitrogen and oxygen atoms in total. The number of rotatable bonds is 5. The fourth-order valence-corrected chi connectivity index (χ4v) is 2.05. The van der Waals surface area contributed by atoms with Crippen LogP contribution in [-0.4, -0.2) is 19.1 Å². The summed E-state index contributed by atoms with van der Waals surface area (Å²) in [5, 5.41) is 10.9. The largest absolute Gasteiger partial charge is 0.417 e. The van der Waals surface area contributed by atoms with Crippen molar-refractivity contribution in [3.63, 3.8) is 0 Å². The molecule has 8 heteroatoms. The van der Waals surface area contributed by atoms with Gasteiger partial charge in [-0.15, -0.1) is 0 Å². The summed E-state index contributed by atoms with van der Waals surface area (Å²) in [4.78, 5) is 10.3. The van der Waals surface area contributed by atoms with Gasteiger partial charge >= 0.3 is 12.4 Å². The fraction of sp³-hybridized carbons (Fsp3) is 0.333. The van der Waals surface area contributed by atoms with Gasteiger partial charge in [-0.05, 0) is 18.6 Å². The van der Waals surface area contributed by atoms with Gasteiger partial charge in [0.25, 0.3) is 0 Å². The maximum absolute atomic E-state index is 10.9. The van der Waals surface area contributed by atoms with Crippen molar-refractivity contribution in [1.29, 1.82) is 0 Å². The zero-order valence-electron chi connectivity index (χ0n) is 9.58. The molecular weight excluding hydrogens is 265 g/mol. The first-order valence-corrected chi connectivity index (χ1v) is 7.13. The maximum atomic E-state index is 10.9. The predicted molar refractivity (Wildman–Crippen MR) is 66.8 cm³/mol. The molecule has 0 aromatic heterocycles. The summed E-state index contributed by atoms with van der Waals surface area (Å²) in [6, 6.07) is 4.57. The van der Waals surface area contributed by atoms with E-state index in [0.717, 1.165) is 5.56 Å². The van der Waals surface area contributed by atoms with E-state index in [0.29, 0.717) is 0 Å². The lowest BCUT2D eigenvalue weighted by atomic mass is 10.2. The van der Waals surface area contributed by atoms with Crippen LogP contribution in [0.2, 0.25) is 0 Å². The highest BCUT2D eigenvalue weighted by Gasteiger charge is 2.24. The number of nitrogens with zero attached hydrogens (tertiary/aromatic N) is 1. The van der Waals surface area contributed by atoms with E-state index in [1.54, 1.807) is 13.0 Å². The van der Waals surface area contributed by atoms with Crippen molar-refractivity contribution in [2.45, 2.75) is 6.92 Å². The number of benzene rings is 1. The summed E-state index contributed by atoms with van der Waals surface area (Å²) in [6.45, 7) is -1.21. The quantitative estimate of drug-likeness (QED) is 0.468. The molecule has 0 heterocycles. The SMILES string of the molecule is COP(=S)(OC)Oc1ccc(C)cc1[N+](=O)[O-]. The number of nitro benzene ring substituents is 1. The summed E-state index contributed by atoms with van der Waals surface area (Å²) in [7, 11) is 2.68. The standard InChI is InChI=1S/C9H12NO5PS/c1-7-4-5-9(8(6-7)10(11)12)15-16(17,13-2)14-3/h4-6H,1-3H3. The van der Waals surface area contributed by atoms with Crippen LogP contribution >= 0.6 is 6.72 Å². The normalized spacial score (nSPS) is 11.2. The Kier molecular flexibility index (Phi) is 4.59. The van der Waals surface area contributed by atoms with Gasteiger partial charge in [0, 0.05) is 32.1 Å². The van der Waals surface area contributed by atoms with Crippen LogP contribution in [0.1, 0.15) is 5.56 Å². The fourth-order valence-electron chi connectivity index (χ4n) is 1.12. The lowest BCUT2D eigenvalue weighted by Gasteiger charge is -2.18. The average Bonchev–Trinajstić information content (AvgIpc) is 2.31. The van der Waals surface area contributed by atoms with Gasteiger partial charge in [0.15, 0.2) is 0 Å². The minimum atomic E-state index is -2.96. The van der Waals surface area contributed by atoms with Crippen LogP contribution in [0, 0.1) is 17.0 Å². The molecule has 17 heavy (non-hydrogen) atoms. The van der Waals surface area contributed by atoms with Crippen LogP contribution in [0.5, 0.6) is 5.75 Å². The molecule has 1 aromatic rings. The van der Waals surface area contributed by atoms with Gasteiger partial charge in [0.1, 0.15) is 0 Å². The number of hydrogen-bond acceptors (Lipinski definition) is 6. The Morgan fingerprint density at radius 3 is 2.41 bits per heavy atom. The first-order valence-electron chi connectivity index (χ1n) is 4.58. The number of aryl methyl sites for hydroxylation is 1. The van der Waals surface area contributed by atoms with Crippen molar-refractivity contribution in [3.8, 4) is 5.75 Å². The Bertz CT molecular complexity index is 470. The van der Waals surface area contributed by atoms with Crippen LogP contribution in [0.4, 0.5) is 5.69 Å². The molecule has 0 aliphatic carbocycles. The summed E-state index contributed by atoms with van der Waals surface area (Å²) < 4.78 is 15.1. The van der Waals surface area contributed by atoms with Crippen molar-refractivity contribution in [2.24, 2.45) is 0 Å². The van der Waals surface area contributed by atoms with Crippen LogP contribution in [0.3, 0.4) is 0 Å². The van der Waals surface area contributed by atoms with E-state index in [1.807, 2.05) is 0 Å². The zero-order valence-corrected chi connectivity index (χ0v) is 11.3. The molecule has 0 saturated carbocycles. The molecule has 1 rings (SSSR count). The highest BCUT2D eigenvalue weighted by molar-refractivity contribution is 8.07. The zero-order chi connectivity index (χ0) is 13.1. The van der Waals surface area contributed by atoms with E-state index in [1.165, 1.54) is 26.4 Å². The smallest absolute Gasteiger partial charge is 0.380 e. The minimum Gasteiger partial charge on any atom is -0.417 e. The molecule has 0 spiro atoms. The first kappa shape index (κ1) is 14.1. The van der Waals surface area contributed by atoms with Crippen molar-refractivity contribution in [2.75, 3.05) is 14.2 Å². The van der Waals surface area contributed by atoms with Gasteiger partial charge in [-0.2, -0.15) is 0 Å². The van der Waals surface area contributed by atoms with Crippen molar-refractivity contribution >= 4 is 24.2 Å². The molecular formula is C9H12NO5PS. The molecule has 94 valence electrons. The lowest BCUT2D eigenvalue weighted by Crippen LogP contribution is -2.00. The molecule has 0 bridgehead atoms. The predicted octanol–water partition coefficient (Wildman–Crippen LogP) is 2.80. The van der Waals surface area contributed by atoms with E-state index in [-0.39, 0.29) is 11.4 Å². The maximum Gasteiger partial charge on any atom is 0.380 e. The van der Waals surface area contributed by atoms with Crippen molar-refractivity contribution in [3.05, 3.63) is 33.9 Å². The third-order valence-corrected chi connectivity index (χ3v) is 4.40. The van der Waals surface area contributed by atoms with Gasteiger partial charge < -0.3 is 13.6 Å². The highest BCUT2D eigenvalue weighted by Crippen LogP contribution is 2.50. The number of nitro groups is 1. The van der Waals surface area contributed by atoms with Crippen molar-refractivity contribution < 1.29 is 18.5 Å². The molecule has 0 fully saturated rings. The first-order chi connectivity index (χ1) is 7.91. The van der Waals surface area contributed by atoms with Crippen LogP contribution in [0.15, 0.2) is 18.2 Å². The summed E-state index contributed by atoms with van der Waals surface area (Å²) in [5.74, 6) is 0.0487.